The lowest BCUT2D eigenvalue weighted by atomic mass is 10.0. The normalized spacial score (nSPS) is 12.3. The molecular weight excluding hydrogens is 258 g/mol. The molecule has 1 atom stereocenters. The van der Waals surface area contributed by atoms with Crippen LogP contribution in [0.5, 0.6) is 5.88 Å². The highest BCUT2D eigenvalue weighted by atomic mass is 16.5. The largest absolute Gasteiger partial charge is 0.475 e. The van der Waals surface area contributed by atoms with E-state index in [9.17, 15) is 4.79 Å². The molecule has 20 heavy (non-hydrogen) atoms. The van der Waals surface area contributed by atoms with Crippen LogP contribution in [0.4, 0.5) is 5.95 Å². The van der Waals surface area contributed by atoms with Gasteiger partial charge in [0.05, 0.1) is 13.2 Å². The van der Waals surface area contributed by atoms with Gasteiger partial charge in [-0.25, -0.2) is 9.78 Å². The number of carbonyl (C=O) groups is 1. The molecule has 1 unspecified atom stereocenters. The zero-order valence-corrected chi connectivity index (χ0v) is 12.7. The van der Waals surface area contributed by atoms with E-state index in [0.29, 0.717) is 24.2 Å². The van der Waals surface area contributed by atoms with Crippen molar-refractivity contribution in [2.45, 2.75) is 46.3 Å². The van der Waals surface area contributed by atoms with Crippen molar-refractivity contribution >= 4 is 11.9 Å². The Morgan fingerprint density at radius 2 is 2.05 bits per heavy atom. The highest BCUT2D eigenvalue weighted by Crippen LogP contribution is 2.14. The molecule has 0 aliphatic carbocycles. The average Bonchev–Trinajstić information content (AvgIpc) is 2.36. The zero-order valence-electron chi connectivity index (χ0n) is 12.7. The summed E-state index contributed by atoms with van der Waals surface area (Å²) in [5.74, 6) is 0.865. The highest BCUT2D eigenvalue weighted by Gasteiger charge is 2.21. The maximum atomic E-state index is 11.7. The third-order valence-electron chi connectivity index (χ3n) is 2.48. The summed E-state index contributed by atoms with van der Waals surface area (Å²) in [5.41, 5.74) is 0. The number of hydrogen-bond acceptors (Lipinski definition) is 6. The van der Waals surface area contributed by atoms with Gasteiger partial charge in [-0.2, -0.15) is 4.98 Å². The van der Waals surface area contributed by atoms with Crippen molar-refractivity contribution in [3.63, 3.8) is 0 Å². The molecule has 0 aliphatic heterocycles. The van der Waals surface area contributed by atoms with Crippen LogP contribution < -0.4 is 10.1 Å². The molecule has 6 heteroatoms. The molecule has 1 aromatic heterocycles. The first-order chi connectivity index (χ1) is 9.42. The molecule has 1 rings (SSSR count). The lowest BCUT2D eigenvalue weighted by Crippen LogP contribution is -2.32. The van der Waals surface area contributed by atoms with Crippen LogP contribution >= 0.6 is 0 Å². The number of methoxy groups -OCH3 is 1. The van der Waals surface area contributed by atoms with Gasteiger partial charge in [0.25, 0.3) is 0 Å². The number of ether oxygens (including phenoxy) is 2. The summed E-state index contributed by atoms with van der Waals surface area (Å²) in [4.78, 5) is 20.1. The minimum atomic E-state index is -0.464. The van der Waals surface area contributed by atoms with E-state index in [0.717, 1.165) is 0 Å². The Kier molecular flexibility index (Phi) is 6.21. The molecule has 112 valence electrons. The molecule has 1 N–H and O–H groups in total. The standard InChI is InChI=1S/C14H23N3O3/c1-9(2)8-11(13(18)19-5)16-14-15-7-6-12(17-14)20-10(3)4/h6-7,9-11H,8H2,1-5H3,(H,15,16,17). The van der Waals surface area contributed by atoms with Crippen molar-refractivity contribution in [3.8, 4) is 5.88 Å². The molecule has 0 aliphatic rings. The Hall–Kier alpha value is -1.85. The Bertz CT molecular complexity index is 435. The molecule has 0 radical (unpaired) electrons. The quantitative estimate of drug-likeness (QED) is 0.773. The average molecular weight is 281 g/mol. The lowest BCUT2D eigenvalue weighted by Gasteiger charge is -2.18. The first kappa shape index (κ1) is 16.2. The van der Waals surface area contributed by atoms with Crippen LogP contribution in [0.1, 0.15) is 34.1 Å². The maximum absolute atomic E-state index is 11.7. The van der Waals surface area contributed by atoms with Gasteiger partial charge in [-0.15, -0.1) is 0 Å². The summed E-state index contributed by atoms with van der Waals surface area (Å²) >= 11 is 0. The van der Waals surface area contributed by atoms with Gasteiger partial charge < -0.3 is 14.8 Å². The van der Waals surface area contributed by atoms with Crippen molar-refractivity contribution in [1.29, 1.82) is 0 Å². The van der Waals surface area contributed by atoms with Crippen LogP contribution in [-0.4, -0.2) is 35.2 Å². The Morgan fingerprint density at radius 3 is 2.60 bits per heavy atom. The third kappa shape index (κ3) is 5.42. The van der Waals surface area contributed by atoms with E-state index in [1.54, 1.807) is 12.3 Å². The smallest absolute Gasteiger partial charge is 0.328 e. The molecule has 0 bridgehead atoms. The van der Waals surface area contributed by atoms with Gasteiger partial charge >= 0.3 is 5.97 Å². The number of esters is 1. The number of hydrogen-bond donors (Lipinski definition) is 1. The molecule has 0 amide bonds. The number of anilines is 1. The highest BCUT2D eigenvalue weighted by molar-refractivity contribution is 5.78. The zero-order chi connectivity index (χ0) is 15.1. The Labute approximate surface area is 119 Å². The Balaban J connectivity index is 2.79. The summed E-state index contributed by atoms with van der Waals surface area (Å²) in [5, 5.41) is 3.00. The number of aromatic nitrogens is 2. The number of nitrogens with one attached hydrogen (secondary N) is 1. The maximum Gasteiger partial charge on any atom is 0.328 e. The van der Waals surface area contributed by atoms with E-state index in [1.165, 1.54) is 7.11 Å². The van der Waals surface area contributed by atoms with Gasteiger partial charge in [0, 0.05) is 12.3 Å². The van der Waals surface area contributed by atoms with Gasteiger partial charge in [-0.3, -0.25) is 0 Å². The van der Waals surface area contributed by atoms with Gasteiger partial charge in [0.1, 0.15) is 6.04 Å². The van der Waals surface area contributed by atoms with Gasteiger partial charge in [0.2, 0.25) is 11.8 Å². The molecule has 0 saturated heterocycles. The van der Waals surface area contributed by atoms with Crippen molar-refractivity contribution < 1.29 is 14.3 Å². The van der Waals surface area contributed by atoms with Crippen LogP contribution in [0.3, 0.4) is 0 Å². The van der Waals surface area contributed by atoms with Gasteiger partial charge in [-0.05, 0) is 26.2 Å². The SMILES string of the molecule is COC(=O)C(CC(C)C)Nc1nccc(OC(C)C)n1. The molecule has 1 aromatic rings. The molecule has 0 aromatic carbocycles. The van der Waals surface area contributed by atoms with Crippen molar-refractivity contribution in [2.24, 2.45) is 5.92 Å². The van der Waals surface area contributed by atoms with E-state index < -0.39 is 6.04 Å². The molecule has 1 heterocycles. The second kappa shape index (κ2) is 7.67. The minimum Gasteiger partial charge on any atom is -0.475 e. The van der Waals surface area contributed by atoms with Crippen LogP contribution in [0, 0.1) is 5.92 Å². The first-order valence-corrected chi connectivity index (χ1v) is 6.76. The summed E-state index contributed by atoms with van der Waals surface area (Å²) in [6, 6.07) is 1.22. The van der Waals surface area contributed by atoms with E-state index >= 15 is 0 Å². The van der Waals surface area contributed by atoms with E-state index in [2.05, 4.69) is 15.3 Å². The summed E-state index contributed by atoms with van der Waals surface area (Å²) in [6.45, 7) is 7.92. The molecule has 6 nitrogen and oxygen atoms in total. The number of carbonyl (C=O) groups excluding carboxylic acids is 1. The second-order valence-electron chi connectivity index (χ2n) is 5.23. The fourth-order valence-electron chi connectivity index (χ4n) is 1.70. The fourth-order valence-corrected chi connectivity index (χ4v) is 1.70. The second-order valence-corrected chi connectivity index (χ2v) is 5.23. The topological polar surface area (TPSA) is 73.3 Å². The summed E-state index contributed by atoms with van der Waals surface area (Å²) in [6.07, 6.45) is 2.27. The molecule has 0 spiro atoms. The first-order valence-electron chi connectivity index (χ1n) is 6.76. The van der Waals surface area contributed by atoms with Crippen LogP contribution in [0.25, 0.3) is 0 Å². The lowest BCUT2D eigenvalue weighted by molar-refractivity contribution is -0.141. The molecule has 0 saturated carbocycles. The number of nitrogens with zero attached hydrogens (tertiary/aromatic N) is 2. The fraction of sp³-hybridized carbons (Fsp3) is 0.643. The summed E-state index contributed by atoms with van der Waals surface area (Å²) < 4.78 is 10.3. The van der Waals surface area contributed by atoms with Crippen molar-refractivity contribution in [3.05, 3.63) is 12.3 Å². The van der Waals surface area contributed by atoms with E-state index in [4.69, 9.17) is 9.47 Å². The number of rotatable bonds is 7. The van der Waals surface area contributed by atoms with Crippen LogP contribution in [0.15, 0.2) is 12.3 Å². The van der Waals surface area contributed by atoms with E-state index in [1.807, 2.05) is 27.7 Å². The van der Waals surface area contributed by atoms with Crippen molar-refractivity contribution in [1.82, 2.24) is 9.97 Å². The monoisotopic (exact) mass is 281 g/mol. The third-order valence-corrected chi connectivity index (χ3v) is 2.48. The molecular formula is C14H23N3O3. The predicted molar refractivity (Wildman–Crippen MR) is 76.7 cm³/mol. The Morgan fingerprint density at radius 1 is 1.35 bits per heavy atom. The van der Waals surface area contributed by atoms with Crippen LogP contribution in [0.2, 0.25) is 0 Å². The summed E-state index contributed by atoms with van der Waals surface area (Å²) in [7, 11) is 1.37. The van der Waals surface area contributed by atoms with E-state index in [-0.39, 0.29) is 12.1 Å². The van der Waals surface area contributed by atoms with Crippen molar-refractivity contribution in [2.75, 3.05) is 12.4 Å². The molecule has 0 fully saturated rings. The minimum absolute atomic E-state index is 0.0322. The predicted octanol–water partition coefficient (Wildman–Crippen LogP) is 2.26. The van der Waals surface area contributed by atoms with Gasteiger partial charge in [-0.1, -0.05) is 13.8 Å². The van der Waals surface area contributed by atoms with Crippen LogP contribution in [-0.2, 0) is 9.53 Å². The van der Waals surface area contributed by atoms with Gasteiger partial charge in [0.15, 0.2) is 0 Å².